The molecule has 0 saturated heterocycles. The van der Waals surface area contributed by atoms with Crippen LogP contribution in [-0.2, 0) is 32.7 Å². The van der Waals surface area contributed by atoms with Gasteiger partial charge >= 0.3 is 19.8 Å². The summed E-state index contributed by atoms with van der Waals surface area (Å²) in [6.07, 6.45) is 119. The van der Waals surface area contributed by atoms with Crippen LogP contribution in [0.5, 0.6) is 0 Å². The van der Waals surface area contributed by atoms with E-state index >= 15 is 0 Å². The number of nitrogens with zero attached hydrogens (tertiary/aromatic N) is 1. The van der Waals surface area contributed by atoms with Gasteiger partial charge in [0.25, 0.3) is 0 Å². The van der Waals surface area contributed by atoms with E-state index in [1.165, 1.54) is 244 Å². The average molecular weight is 1440 g/mol. The highest BCUT2D eigenvalue weighted by molar-refractivity contribution is 7.47. The first-order chi connectivity index (χ1) is 50.0. The molecule has 0 spiro atoms. The van der Waals surface area contributed by atoms with E-state index < -0.39 is 26.5 Å². The molecule has 2 atom stereocenters. The lowest BCUT2D eigenvalue weighted by molar-refractivity contribution is -0.870. The van der Waals surface area contributed by atoms with Crippen LogP contribution in [0.4, 0.5) is 0 Å². The monoisotopic (exact) mass is 1440 g/mol. The van der Waals surface area contributed by atoms with Crippen LogP contribution in [0.15, 0.2) is 134 Å². The highest BCUT2D eigenvalue weighted by Gasteiger charge is 2.27. The van der Waals surface area contributed by atoms with Gasteiger partial charge in [0.1, 0.15) is 19.8 Å². The number of hydrogen-bond acceptors (Lipinski definition) is 7. The largest absolute Gasteiger partial charge is 0.472 e. The van der Waals surface area contributed by atoms with Gasteiger partial charge in [-0.1, -0.05) is 411 Å². The first-order valence-corrected chi connectivity index (χ1v) is 44.4. The molecule has 9 nitrogen and oxygen atoms in total. The van der Waals surface area contributed by atoms with Crippen LogP contribution in [0.1, 0.15) is 386 Å². The number of hydrogen-bond donors (Lipinski definition) is 1. The highest BCUT2D eigenvalue weighted by atomic mass is 31.2. The number of quaternary nitrogens is 1. The minimum Gasteiger partial charge on any atom is -0.462 e. The van der Waals surface area contributed by atoms with E-state index in [0.29, 0.717) is 17.4 Å². The van der Waals surface area contributed by atoms with Crippen LogP contribution in [-0.4, -0.2) is 74.9 Å². The molecule has 10 heteroatoms. The Bertz CT molecular complexity index is 2190. The predicted molar refractivity (Wildman–Crippen MR) is 445 cm³/mol. The zero-order valence-electron chi connectivity index (χ0n) is 67.3. The Hall–Kier alpha value is -3.85. The molecule has 0 amide bonds. The smallest absolute Gasteiger partial charge is 0.462 e. The molecule has 0 aromatic heterocycles. The summed E-state index contributed by atoms with van der Waals surface area (Å²) in [6.45, 7) is 4.32. The van der Waals surface area contributed by atoms with E-state index in [9.17, 15) is 19.0 Å². The van der Waals surface area contributed by atoms with Crippen molar-refractivity contribution >= 4 is 19.8 Å². The summed E-state index contributed by atoms with van der Waals surface area (Å²) >= 11 is 0. The summed E-state index contributed by atoms with van der Waals surface area (Å²) in [5, 5.41) is 0. The van der Waals surface area contributed by atoms with Crippen LogP contribution in [0, 0.1) is 0 Å². The maximum Gasteiger partial charge on any atom is 0.472 e. The van der Waals surface area contributed by atoms with E-state index in [4.69, 9.17) is 18.5 Å². The molecule has 0 aliphatic heterocycles. The normalized spacial score (nSPS) is 13.7. The maximum atomic E-state index is 12.9. The molecule has 1 N–H and O–H groups in total. The Morgan fingerprint density at radius 1 is 0.314 bits per heavy atom. The standard InChI is InChI=1S/C92H162NO8P/c1-6-8-10-12-14-16-18-20-22-24-26-28-30-32-34-36-38-40-42-44-45-46-47-49-50-52-54-56-58-60-62-64-66-68-70-72-74-76-78-80-82-84-91(94)98-88-90(89-100-102(96,97)99-87-86-93(3,4)5)101-92(95)85-83-81-79-77-75-73-71-69-67-65-63-61-59-57-55-53-51-48-43-41-39-37-35-33-31-29-27-25-23-21-19-17-15-13-11-9-7-2/h9,11,15,17,21,23,27,29,33,35,39,41,48,51,55,57,61,63,67,69,73,75,90H,6-8,10,12-14,16,18-20,22,24-26,28,30-32,34,36-38,40,42-47,49-50,52-54,56,58-60,62,64-66,68,70-72,74,76-89H2,1-5H3/p+1/b11-9-,17-15-,23-21-,29-27-,35-33-,41-39-,51-48-,57-55-,63-61-,69-67-,75-73-. The van der Waals surface area contributed by atoms with Gasteiger partial charge in [-0.15, -0.1) is 0 Å². The number of carbonyl (C=O) groups is 2. The third-order valence-electron chi connectivity index (χ3n) is 18.7. The van der Waals surface area contributed by atoms with Crippen molar-refractivity contribution in [2.24, 2.45) is 0 Å². The van der Waals surface area contributed by atoms with Crippen LogP contribution >= 0.6 is 7.82 Å². The number of phosphoric ester groups is 1. The van der Waals surface area contributed by atoms with Gasteiger partial charge in [-0.05, 0) is 96.3 Å². The zero-order valence-corrected chi connectivity index (χ0v) is 68.2. The first-order valence-electron chi connectivity index (χ1n) is 42.9. The Kier molecular flexibility index (Phi) is 78.2. The van der Waals surface area contributed by atoms with Gasteiger partial charge in [-0.3, -0.25) is 18.6 Å². The van der Waals surface area contributed by atoms with Crippen LogP contribution in [0.2, 0.25) is 0 Å². The van der Waals surface area contributed by atoms with Gasteiger partial charge in [-0.25, -0.2) is 4.57 Å². The van der Waals surface area contributed by atoms with Crippen molar-refractivity contribution in [3.63, 3.8) is 0 Å². The lowest BCUT2D eigenvalue weighted by Crippen LogP contribution is -2.37. The third-order valence-corrected chi connectivity index (χ3v) is 19.7. The number of rotatable bonds is 79. The van der Waals surface area contributed by atoms with Gasteiger partial charge in [0.2, 0.25) is 0 Å². The average Bonchev–Trinajstić information content (AvgIpc) is 0.913. The fourth-order valence-corrected chi connectivity index (χ4v) is 12.9. The van der Waals surface area contributed by atoms with Crippen LogP contribution in [0.3, 0.4) is 0 Å². The Morgan fingerprint density at radius 3 is 0.833 bits per heavy atom. The van der Waals surface area contributed by atoms with Crippen LogP contribution in [0.25, 0.3) is 0 Å². The molecule has 102 heavy (non-hydrogen) atoms. The number of allylic oxidation sites excluding steroid dienone is 22. The Morgan fingerprint density at radius 2 is 0.559 bits per heavy atom. The molecule has 588 valence electrons. The van der Waals surface area contributed by atoms with Crippen molar-refractivity contribution in [2.45, 2.75) is 392 Å². The third kappa shape index (κ3) is 85.1. The predicted octanol–water partition coefficient (Wildman–Crippen LogP) is 29.1. The molecule has 0 rings (SSSR count). The molecular formula is C92H163NO8P+. The quantitative estimate of drug-likeness (QED) is 0.0211. The van der Waals surface area contributed by atoms with Gasteiger partial charge in [-0.2, -0.15) is 0 Å². The van der Waals surface area contributed by atoms with E-state index in [1.807, 2.05) is 21.1 Å². The second-order valence-corrected chi connectivity index (χ2v) is 31.3. The molecule has 0 heterocycles. The summed E-state index contributed by atoms with van der Waals surface area (Å²) in [7, 11) is 1.45. The number of unbranched alkanes of at least 4 members (excludes halogenated alkanes) is 43. The van der Waals surface area contributed by atoms with Gasteiger partial charge in [0.05, 0.1) is 27.7 Å². The summed E-state index contributed by atoms with van der Waals surface area (Å²) in [6, 6.07) is 0. The van der Waals surface area contributed by atoms with E-state index in [2.05, 4.69) is 148 Å². The summed E-state index contributed by atoms with van der Waals surface area (Å²) in [4.78, 5) is 36.0. The van der Waals surface area contributed by atoms with Gasteiger partial charge in [0, 0.05) is 12.8 Å². The number of likely N-dealkylation sites (N-methyl/N-ethyl adjacent to an activating group) is 1. The van der Waals surface area contributed by atoms with Crippen molar-refractivity contribution in [2.75, 3.05) is 47.5 Å². The summed E-state index contributed by atoms with van der Waals surface area (Å²) < 4.78 is 34.8. The molecule has 0 aliphatic carbocycles. The second kappa shape index (κ2) is 81.2. The van der Waals surface area contributed by atoms with Gasteiger partial charge < -0.3 is 18.9 Å². The Balaban J connectivity index is 3.99. The van der Waals surface area contributed by atoms with E-state index in [-0.39, 0.29) is 32.0 Å². The number of ether oxygens (including phenoxy) is 2. The van der Waals surface area contributed by atoms with E-state index in [0.717, 1.165) is 109 Å². The number of esters is 2. The maximum absolute atomic E-state index is 12.9. The molecule has 0 aromatic rings. The summed E-state index contributed by atoms with van der Waals surface area (Å²) in [5.41, 5.74) is 0. The fraction of sp³-hybridized carbons (Fsp3) is 0.739. The molecular weight excluding hydrogens is 1280 g/mol. The topological polar surface area (TPSA) is 108 Å². The number of carbonyl (C=O) groups excluding carboxylic acids is 2. The molecule has 0 aromatic carbocycles. The van der Waals surface area contributed by atoms with Crippen molar-refractivity contribution in [3.05, 3.63) is 134 Å². The minimum absolute atomic E-state index is 0.0197. The first kappa shape index (κ1) is 98.2. The molecule has 0 radical (unpaired) electrons. The van der Waals surface area contributed by atoms with Crippen molar-refractivity contribution in [1.82, 2.24) is 0 Å². The molecule has 0 fully saturated rings. The van der Waals surface area contributed by atoms with E-state index in [1.54, 1.807) is 0 Å². The van der Waals surface area contributed by atoms with Crippen LogP contribution < -0.4 is 0 Å². The molecule has 0 saturated carbocycles. The highest BCUT2D eigenvalue weighted by Crippen LogP contribution is 2.43. The summed E-state index contributed by atoms with van der Waals surface area (Å²) in [5.74, 6) is -0.830. The van der Waals surface area contributed by atoms with Crippen molar-refractivity contribution in [3.8, 4) is 0 Å². The second-order valence-electron chi connectivity index (χ2n) is 29.8. The van der Waals surface area contributed by atoms with Crippen molar-refractivity contribution in [1.29, 1.82) is 0 Å². The lowest BCUT2D eigenvalue weighted by Gasteiger charge is -2.24. The minimum atomic E-state index is -4.42. The fourth-order valence-electron chi connectivity index (χ4n) is 12.2. The van der Waals surface area contributed by atoms with Crippen molar-refractivity contribution < 1.29 is 42.1 Å². The molecule has 0 aliphatic rings. The SMILES string of the molecule is CC/C=C\C/C=C\C/C=C\C/C=C\C/C=C\C/C=C\C/C=C\C/C=C\C/C=C\C/C=C\C/C=C\CCCCCC(=O)OC(COC(=O)CCCCCCCCCCCCCCCCCCCCCCCCCCCCCCCCCCCCCCCCCCC)COP(=O)(O)OCC[N+](C)(C)C. The number of phosphoric acid groups is 1. The Labute approximate surface area is 631 Å². The molecule has 2 unspecified atom stereocenters. The zero-order chi connectivity index (χ0) is 74.0. The molecule has 0 bridgehead atoms. The van der Waals surface area contributed by atoms with Gasteiger partial charge in [0.15, 0.2) is 6.10 Å². The lowest BCUT2D eigenvalue weighted by atomic mass is 10.0.